The number of hydrogen-bond donors (Lipinski definition) is 3. The number of amides is 4. The molecule has 338 valence electrons. The van der Waals surface area contributed by atoms with E-state index in [1.165, 1.54) is 7.11 Å². The molecule has 4 aliphatic heterocycles. The average Bonchev–Trinajstić information content (AvgIpc) is 4.12. The van der Waals surface area contributed by atoms with Crippen LogP contribution in [0.1, 0.15) is 102 Å². The Morgan fingerprint density at radius 1 is 0.892 bits per heavy atom. The van der Waals surface area contributed by atoms with Crippen LogP contribution in [0.25, 0.3) is 33.2 Å². The summed E-state index contributed by atoms with van der Waals surface area (Å²) in [7, 11) is 1.29. The number of imidazole rings is 1. The Morgan fingerprint density at radius 3 is 2.45 bits per heavy atom. The van der Waals surface area contributed by atoms with E-state index in [4.69, 9.17) is 24.2 Å². The van der Waals surface area contributed by atoms with Crippen molar-refractivity contribution in [3.63, 3.8) is 0 Å². The van der Waals surface area contributed by atoms with Gasteiger partial charge in [0, 0.05) is 30.3 Å². The van der Waals surface area contributed by atoms with Gasteiger partial charge in [0.15, 0.2) is 0 Å². The normalized spacial score (nSPS) is 19.8. The summed E-state index contributed by atoms with van der Waals surface area (Å²) >= 11 is 0. The molecule has 1 aromatic heterocycles. The largest absolute Gasteiger partial charge is 0.488 e. The first-order valence-electron chi connectivity index (χ1n) is 22.7. The smallest absolute Gasteiger partial charge is 0.408 e. The number of carbonyl (C=O) groups excluding carboxylic acids is 4. The first-order valence-corrected chi connectivity index (χ1v) is 22.7. The summed E-state index contributed by atoms with van der Waals surface area (Å²) in [5.41, 5.74) is 7.91. The average molecular weight is 880 g/mol. The van der Waals surface area contributed by atoms with Gasteiger partial charge in [0.1, 0.15) is 35.9 Å². The number of carbonyl (C=O) groups is 4. The quantitative estimate of drug-likeness (QED) is 0.132. The number of ether oxygens (including phenoxy) is 3. The number of hydrogen-bond acceptors (Lipinski definition) is 9. The Kier molecular flexibility index (Phi) is 11.6. The lowest BCUT2D eigenvalue weighted by Crippen LogP contribution is -2.52. The number of methoxy groups -OCH3 is 1. The second-order valence-electron chi connectivity index (χ2n) is 19.0. The Bertz CT molecular complexity index is 2700. The number of alkyl carbamates (subject to hydrolysis) is 2. The predicted octanol–water partition coefficient (Wildman–Crippen LogP) is 9.11. The summed E-state index contributed by atoms with van der Waals surface area (Å²) < 4.78 is 16.9. The highest BCUT2D eigenvalue weighted by Crippen LogP contribution is 2.45. The van der Waals surface area contributed by atoms with E-state index < -0.39 is 29.9 Å². The van der Waals surface area contributed by atoms with E-state index in [0.717, 1.165) is 87.1 Å². The van der Waals surface area contributed by atoms with E-state index in [0.29, 0.717) is 31.0 Å². The molecular weight excluding hydrogens is 823 g/mol. The van der Waals surface area contributed by atoms with Gasteiger partial charge in [-0.25, -0.2) is 14.6 Å². The molecule has 5 aromatic rings. The third-order valence-electron chi connectivity index (χ3n) is 13.1. The monoisotopic (exact) mass is 879 g/mol. The van der Waals surface area contributed by atoms with E-state index in [1.54, 1.807) is 20.8 Å². The fraction of sp³-hybridized carbons (Fsp3) is 0.412. The molecule has 0 radical (unpaired) electrons. The molecule has 2 fully saturated rings. The minimum Gasteiger partial charge on any atom is -0.488 e. The molecule has 4 aliphatic rings. The molecule has 1 unspecified atom stereocenters. The summed E-state index contributed by atoms with van der Waals surface area (Å²) in [5, 5.41) is 7.74. The van der Waals surface area contributed by atoms with Crippen molar-refractivity contribution in [2.75, 3.05) is 13.7 Å². The molecule has 0 saturated carbocycles. The number of aromatic nitrogens is 2. The van der Waals surface area contributed by atoms with E-state index in [-0.39, 0.29) is 35.9 Å². The standard InChI is InChI=1S/C51H57N7O7/c1-28(2)44(55-49(61)63-7)48(60)58-29(3)15-20-42(58)46-52-26-40(54-46)32-16-18-34-33(22-32)27-64-43-25-35-31(23-37(34)43)17-19-38-36(35)24-39(53-38)41-14-11-21-57(41)47(59)45(30-12-9-8-10-13-30)56-50(62)65-51(4,5)6/h8-10,12-13,16-19,22-23,25-26,28-29,41-42,44-45H,11,14-15,20-21,24,27H2,1-7H3,(H,52,54)(H,55,61)(H,56,62)/t29-,41-,42-,44-,45?/m0/s1. The van der Waals surface area contributed by atoms with Gasteiger partial charge in [-0.1, -0.05) is 62.4 Å². The number of rotatable bonds is 9. The molecule has 5 heterocycles. The highest BCUT2D eigenvalue weighted by molar-refractivity contribution is 6.06. The third kappa shape index (κ3) is 8.53. The zero-order chi connectivity index (χ0) is 45.7. The van der Waals surface area contributed by atoms with Crippen molar-refractivity contribution in [3.8, 4) is 28.1 Å². The zero-order valence-corrected chi connectivity index (χ0v) is 38.1. The number of fused-ring (bicyclic) bond motifs is 6. The SMILES string of the molecule is COC(=O)N[C@H](C(=O)N1[C@@H](C)CC[C@H]1c1ncc(-c2ccc3c(c2)COc2cc4c5c(ccc4cc2-3)N=C([C@@H]2CCCN2C(=O)C(NC(=O)OC(C)(C)C)c2ccccc2)C5)[nH]1)C(C)C. The van der Waals surface area contributed by atoms with Crippen molar-refractivity contribution in [1.82, 2.24) is 30.4 Å². The van der Waals surface area contributed by atoms with Gasteiger partial charge in [0.2, 0.25) is 11.8 Å². The second-order valence-corrected chi connectivity index (χ2v) is 19.0. The molecule has 0 spiro atoms. The van der Waals surface area contributed by atoms with Gasteiger partial charge >= 0.3 is 12.2 Å². The Labute approximate surface area is 379 Å². The van der Waals surface area contributed by atoms with Crippen LogP contribution in [-0.4, -0.2) is 86.9 Å². The van der Waals surface area contributed by atoms with Gasteiger partial charge < -0.3 is 39.6 Å². The number of H-pyrrole nitrogens is 1. The van der Waals surface area contributed by atoms with Gasteiger partial charge in [0.25, 0.3) is 0 Å². The van der Waals surface area contributed by atoms with E-state index in [9.17, 15) is 19.2 Å². The zero-order valence-electron chi connectivity index (χ0n) is 38.1. The Balaban J connectivity index is 0.926. The van der Waals surface area contributed by atoms with E-state index >= 15 is 0 Å². The summed E-state index contributed by atoms with van der Waals surface area (Å²) in [6.45, 7) is 12.2. The van der Waals surface area contributed by atoms with Crippen LogP contribution in [0.2, 0.25) is 0 Å². The topological polar surface area (TPSA) is 168 Å². The maximum atomic E-state index is 14.4. The fourth-order valence-corrected chi connectivity index (χ4v) is 9.93. The number of aliphatic imine (C=N–C) groups is 1. The van der Waals surface area contributed by atoms with Crippen molar-refractivity contribution in [1.29, 1.82) is 0 Å². The fourth-order valence-electron chi connectivity index (χ4n) is 9.93. The van der Waals surface area contributed by atoms with Crippen LogP contribution in [0.15, 0.2) is 84.0 Å². The third-order valence-corrected chi connectivity index (χ3v) is 13.1. The van der Waals surface area contributed by atoms with E-state index in [1.807, 2.05) is 67.1 Å². The second kappa shape index (κ2) is 17.4. The van der Waals surface area contributed by atoms with Crippen LogP contribution in [0.4, 0.5) is 15.3 Å². The summed E-state index contributed by atoms with van der Waals surface area (Å²) in [6, 6.07) is 22.1. The predicted molar refractivity (Wildman–Crippen MR) is 248 cm³/mol. The van der Waals surface area contributed by atoms with Crippen LogP contribution < -0.4 is 15.4 Å². The maximum absolute atomic E-state index is 14.4. The summed E-state index contributed by atoms with van der Waals surface area (Å²) in [6.07, 6.45) is 4.35. The molecule has 14 nitrogen and oxygen atoms in total. The number of nitrogens with one attached hydrogen (secondary N) is 3. The van der Waals surface area contributed by atoms with Crippen molar-refractivity contribution in [2.45, 2.75) is 116 Å². The lowest BCUT2D eigenvalue weighted by Gasteiger charge is -2.32. The van der Waals surface area contributed by atoms with Gasteiger partial charge in [0.05, 0.1) is 36.8 Å². The lowest BCUT2D eigenvalue weighted by atomic mass is 9.90. The summed E-state index contributed by atoms with van der Waals surface area (Å²) in [4.78, 5) is 70.6. The molecule has 2 saturated heterocycles. The molecule has 9 rings (SSSR count). The van der Waals surface area contributed by atoms with Crippen molar-refractivity contribution < 1.29 is 33.4 Å². The van der Waals surface area contributed by atoms with Crippen LogP contribution in [0, 0.1) is 5.92 Å². The number of likely N-dealkylation sites (tertiary alicyclic amines) is 2. The molecule has 4 amide bonds. The molecule has 14 heteroatoms. The molecule has 0 bridgehead atoms. The van der Waals surface area contributed by atoms with Crippen LogP contribution in [-0.2, 0) is 32.1 Å². The molecule has 3 N–H and O–H groups in total. The first kappa shape index (κ1) is 43.5. The maximum Gasteiger partial charge on any atom is 0.408 e. The van der Waals surface area contributed by atoms with Crippen LogP contribution in [0.5, 0.6) is 5.75 Å². The lowest BCUT2D eigenvalue weighted by molar-refractivity contribution is -0.137. The Morgan fingerprint density at radius 2 is 1.69 bits per heavy atom. The van der Waals surface area contributed by atoms with Crippen molar-refractivity contribution >= 4 is 46.2 Å². The molecule has 0 aliphatic carbocycles. The number of nitrogens with zero attached hydrogens (tertiary/aromatic N) is 4. The van der Waals surface area contributed by atoms with Gasteiger partial charge in [-0.2, -0.15) is 0 Å². The first-order chi connectivity index (χ1) is 31.2. The molecular formula is C51H57N7O7. The summed E-state index contributed by atoms with van der Waals surface area (Å²) in [5.74, 6) is 1.06. The molecule has 5 atom stereocenters. The van der Waals surface area contributed by atoms with Gasteiger partial charge in [-0.3, -0.25) is 14.6 Å². The van der Waals surface area contributed by atoms with Crippen LogP contribution >= 0.6 is 0 Å². The number of aromatic amines is 1. The highest BCUT2D eigenvalue weighted by atomic mass is 16.6. The molecule has 65 heavy (non-hydrogen) atoms. The van der Waals surface area contributed by atoms with Crippen molar-refractivity contribution in [2.24, 2.45) is 10.9 Å². The van der Waals surface area contributed by atoms with Gasteiger partial charge in [-0.15, -0.1) is 0 Å². The highest BCUT2D eigenvalue weighted by Gasteiger charge is 2.42. The van der Waals surface area contributed by atoms with Gasteiger partial charge in [-0.05, 0) is 122 Å². The van der Waals surface area contributed by atoms with Crippen LogP contribution in [0.3, 0.4) is 0 Å². The number of benzene rings is 4. The van der Waals surface area contributed by atoms with E-state index in [2.05, 4.69) is 58.1 Å². The minimum absolute atomic E-state index is 0.0164. The minimum atomic E-state index is -0.901. The van der Waals surface area contributed by atoms with Crippen molar-refractivity contribution in [3.05, 3.63) is 102 Å². The molecule has 4 aromatic carbocycles. The Hall–Kier alpha value is -6.70.